The van der Waals surface area contributed by atoms with Crippen molar-refractivity contribution in [3.8, 4) is 0 Å². The van der Waals surface area contributed by atoms with Crippen LogP contribution in [0.2, 0.25) is 10.0 Å². The number of anilines is 1. The van der Waals surface area contributed by atoms with Crippen molar-refractivity contribution in [2.45, 2.75) is 19.8 Å². The number of furan rings is 1. The second kappa shape index (κ2) is 12.0. The summed E-state index contributed by atoms with van der Waals surface area (Å²) in [4.78, 5) is 38.1. The molecule has 1 heterocycles. The standard InChI is InChI=1S/C21H23Cl2N3O4/c1-2-11-26(14-20(28)25-18-7-5-15(22)13-17(18)23)21(29)9-10-24-19(27)8-6-16-4-3-12-30-16/h3-8,12-13H,2,9-11,14H2,1H3,(H,24,27)(H,25,28)/b8-6+. The van der Waals surface area contributed by atoms with Crippen LogP contribution in [0.5, 0.6) is 0 Å². The highest BCUT2D eigenvalue weighted by atomic mass is 35.5. The summed E-state index contributed by atoms with van der Waals surface area (Å²) in [6, 6.07) is 8.17. The molecule has 2 aromatic rings. The fourth-order valence-corrected chi connectivity index (χ4v) is 3.03. The quantitative estimate of drug-likeness (QED) is 0.534. The van der Waals surface area contributed by atoms with Gasteiger partial charge in [0.2, 0.25) is 17.7 Å². The van der Waals surface area contributed by atoms with E-state index in [1.54, 1.807) is 24.3 Å². The van der Waals surface area contributed by atoms with Crippen molar-refractivity contribution in [3.63, 3.8) is 0 Å². The van der Waals surface area contributed by atoms with Crippen molar-refractivity contribution in [1.82, 2.24) is 10.2 Å². The van der Waals surface area contributed by atoms with E-state index in [1.807, 2.05) is 6.92 Å². The maximum Gasteiger partial charge on any atom is 0.244 e. The third-order valence-electron chi connectivity index (χ3n) is 3.97. The average Bonchev–Trinajstić information content (AvgIpc) is 3.22. The highest BCUT2D eigenvalue weighted by Gasteiger charge is 2.17. The van der Waals surface area contributed by atoms with Gasteiger partial charge in [-0.3, -0.25) is 14.4 Å². The summed E-state index contributed by atoms with van der Waals surface area (Å²) in [5.41, 5.74) is 0.422. The van der Waals surface area contributed by atoms with Gasteiger partial charge in [0.05, 0.1) is 23.5 Å². The van der Waals surface area contributed by atoms with E-state index in [2.05, 4.69) is 10.6 Å². The van der Waals surface area contributed by atoms with Crippen molar-refractivity contribution in [2.75, 3.05) is 25.0 Å². The Kier molecular flexibility index (Phi) is 9.44. The number of carbonyl (C=O) groups is 3. The van der Waals surface area contributed by atoms with Crippen molar-refractivity contribution >= 4 is 52.7 Å². The molecule has 0 atom stereocenters. The lowest BCUT2D eigenvalue weighted by Gasteiger charge is -2.22. The van der Waals surface area contributed by atoms with E-state index >= 15 is 0 Å². The van der Waals surface area contributed by atoms with E-state index in [9.17, 15) is 14.4 Å². The van der Waals surface area contributed by atoms with Crippen LogP contribution >= 0.6 is 23.2 Å². The molecule has 0 bridgehead atoms. The first kappa shape index (κ1) is 23.5. The molecule has 0 unspecified atom stereocenters. The zero-order chi connectivity index (χ0) is 21.9. The Hall–Kier alpha value is -2.77. The summed E-state index contributed by atoms with van der Waals surface area (Å²) >= 11 is 11.9. The number of halogens is 2. The molecule has 160 valence electrons. The van der Waals surface area contributed by atoms with Gasteiger partial charge in [-0.2, -0.15) is 0 Å². The summed E-state index contributed by atoms with van der Waals surface area (Å²) in [5, 5.41) is 6.08. The highest BCUT2D eigenvalue weighted by molar-refractivity contribution is 6.36. The van der Waals surface area contributed by atoms with Crippen LogP contribution in [0, 0.1) is 0 Å². The van der Waals surface area contributed by atoms with E-state index in [4.69, 9.17) is 27.6 Å². The molecule has 2 N–H and O–H groups in total. The normalized spacial score (nSPS) is 10.8. The smallest absolute Gasteiger partial charge is 0.244 e. The molecule has 3 amide bonds. The van der Waals surface area contributed by atoms with E-state index in [0.717, 1.165) is 0 Å². The highest BCUT2D eigenvalue weighted by Crippen LogP contribution is 2.25. The molecule has 0 aliphatic rings. The Morgan fingerprint density at radius 3 is 2.67 bits per heavy atom. The minimum atomic E-state index is -0.369. The number of nitrogens with one attached hydrogen (secondary N) is 2. The zero-order valence-corrected chi connectivity index (χ0v) is 18.0. The summed E-state index contributed by atoms with van der Waals surface area (Å²) in [7, 11) is 0. The molecule has 2 rings (SSSR count). The Labute approximate surface area is 185 Å². The molecule has 0 spiro atoms. The fourth-order valence-electron chi connectivity index (χ4n) is 2.57. The summed E-state index contributed by atoms with van der Waals surface area (Å²) in [5.74, 6) is -0.380. The molecule has 9 heteroatoms. The fraction of sp³-hybridized carbons (Fsp3) is 0.286. The molecule has 0 saturated carbocycles. The predicted molar refractivity (Wildman–Crippen MR) is 117 cm³/mol. The number of nitrogens with zero attached hydrogens (tertiary/aromatic N) is 1. The second-order valence-electron chi connectivity index (χ2n) is 6.38. The Balaban J connectivity index is 1.81. The summed E-state index contributed by atoms with van der Waals surface area (Å²) in [6.07, 6.45) is 5.15. The monoisotopic (exact) mass is 451 g/mol. The van der Waals surface area contributed by atoms with Crippen molar-refractivity contribution in [3.05, 3.63) is 58.5 Å². The van der Waals surface area contributed by atoms with Crippen molar-refractivity contribution in [1.29, 1.82) is 0 Å². The molecule has 1 aromatic carbocycles. The van der Waals surface area contributed by atoms with Gasteiger partial charge in [0.1, 0.15) is 5.76 Å². The summed E-state index contributed by atoms with van der Waals surface area (Å²) in [6.45, 7) is 2.38. The van der Waals surface area contributed by atoms with Gasteiger partial charge in [-0.15, -0.1) is 0 Å². The van der Waals surface area contributed by atoms with Gasteiger partial charge in [0.15, 0.2) is 0 Å². The van der Waals surface area contributed by atoms with Gasteiger partial charge >= 0.3 is 0 Å². The lowest BCUT2D eigenvalue weighted by atomic mass is 10.3. The number of hydrogen-bond donors (Lipinski definition) is 2. The van der Waals surface area contributed by atoms with Crippen LogP contribution in [0.25, 0.3) is 6.08 Å². The zero-order valence-electron chi connectivity index (χ0n) is 16.5. The second-order valence-corrected chi connectivity index (χ2v) is 7.22. The number of amides is 3. The van der Waals surface area contributed by atoms with Crippen molar-refractivity contribution < 1.29 is 18.8 Å². The van der Waals surface area contributed by atoms with Crippen LogP contribution in [0.3, 0.4) is 0 Å². The molecule has 30 heavy (non-hydrogen) atoms. The number of rotatable bonds is 10. The summed E-state index contributed by atoms with van der Waals surface area (Å²) < 4.78 is 5.10. The predicted octanol–water partition coefficient (Wildman–Crippen LogP) is 3.98. The van der Waals surface area contributed by atoms with Gasteiger partial charge in [-0.05, 0) is 42.8 Å². The maximum absolute atomic E-state index is 12.5. The molecule has 7 nitrogen and oxygen atoms in total. The van der Waals surface area contributed by atoms with Gasteiger partial charge in [-0.25, -0.2) is 0 Å². The van der Waals surface area contributed by atoms with Gasteiger partial charge in [-0.1, -0.05) is 30.1 Å². The van der Waals surface area contributed by atoms with Crippen molar-refractivity contribution in [2.24, 2.45) is 0 Å². The van der Waals surface area contributed by atoms with E-state index < -0.39 is 0 Å². The third kappa shape index (κ3) is 7.93. The first-order valence-corrected chi connectivity index (χ1v) is 10.2. The van der Waals surface area contributed by atoms with Crippen LogP contribution in [-0.2, 0) is 14.4 Å². The van der Waals surface area contributed by atoms with Gasteiger partial charge in [0.25, 0.3) is 0 Å². The molecule has 0 radical (unpaired) electrons. The topological polar surface area (TPSA) is 91.7 Å². The largest absolute Gasteiger partial charge is 0.465 e. The van der Waals surface area contributed by atoms with Crippen LogP contribution in [0.15, 0.2) is 47.1 Å². The third-order valence-corrected chi connectivity index (χ3v) is 4.51. The van der Waals surface area contributed by atoms with E-state index in [-0.39, 0.29) is 37.2 Å². The lowest BCUT2D eigenvalue weighted by Crippen LogP contribution is -2.40. The number of carbonyl (C=O) groups excluding carboxylic acids is 3. The number of benzene rings is 1. The minimum Gasteiger partial charge on any atom is -0.465 e. The number of hydrogen-bond acceptors (Lipinski definition) is 4. The molecule has 0 aliphatic carbocycles. The van der Waals surface area contributed by atoms with E-state index in [1.165, 1.54) is 29.4 Å². The van der Waals surface area contributed by atoms with Crippen LogP contribution in [0.1, 0.15) is 25.5 Å². The van der Waals surface area contributed by atoms with E-state index in [0.29, 0.717) is 34.5 Å². The van der Waals surface area contributed by atoms with Gasteiger partial charge < -0.3 is 20.0 Å². The molecular formula is C21H23Cl2N3O4. The molecule has 1 aromatic heterocycles. The first-order valence-electron chi connectivity index (χ1n) is 9.41. The van der Waals surface area contributed by atoms with Crippen LogP contribution < -0.4 is 10.6 Å². The molecular weight excluding hydrogens is 429 g/mol. The Morgan fingerprint density at radius 1 is 1.20 bits per heavy atom. The lowest BCUT2D eigenvalue weighted by molar-refractivity contribution is -0.134. The molecule has 0 aliphatic heterocycles. The Bertz CT molecular complexity index is 898. The van der Waals surface area contributed by atoms with Crippen LogP contribution in [-0.4, -0.2) is 42.3 Å². The first-order chi connectivity index (χ1) is 14.4. The minimum absolute atomic E-state index is 0.0787. The Morgan fingerprint density at radius 2 is 2.00 bits per heavy atom. The maximum atomic E-state index is 12.5. The molecule has 0 saturated heterocycles. The van der Waals surface area contributed by atoms with Crippen LogP contribution in [0.4, 0.5) is 5.69 Å². The average molecular weight is 452 g/mol. The SMILES string of the molecule is CCCN(CC(=O)Nc1ccc(Cl)cc1Cl)C(=O)CCNC(=O)/C=C/c1ccco1. The van der Waals surface area contributed by atoms with Gasteiger partial charge in [0, 0.05) is 30.6 Å². The molecule has 0 fully saturated rings.